The number of carboxylic acids is 1. The van der Waals surface area contributed by atoms with E-state index in [4.69, 9.17) is 16.7 Å². The number of carbonyl (C=O) groups is 2. The van der Waals surface area contributed by atoms with Crippen molar-refractivity contribution >= 4 is 23.5 Å². The molecular weight excluding hydrogens is 244 g/mol. The van der Waals surface area contributed by atoms with Crippen molar-refractivity contribution in [3.63, 3.8) is 0 Å². The SMILES string of the molecule is CC(NC(=O)c1cc(Cl)cn1C)C(C)C(=O)O. The second kappa shape index (κ2) is 5.23. The molecule has 0 aromatic carbocycles. The lowest BCUT2D eigenvalue weighted by atomic mass is 10.0. The van der Waals surface area contributed by atoms with Crippen LogP contribution in [-0.2, 0) is 11.8 Å². The molecule has 2 atom stereocenters. The number of amides is 1. The lowest BCUT2D eigenvalue weighted by Gasteiger charge is -2.17. The van der Waals surface area contributed by atoms with Gasteiger partial charge in [-0.2, -0.15) is 0 Å². The van der Waals surface area contributed by atoms with Gasteiger partial charge in [-0.05, 0) is 19.9 Å². The van der Waals surface area contributed by atoms with Crippen molar-refractivity contribution in [2.45, 2.75) is 19.9 Å². The van der Waals surface area contributed by atoms with Gasteiger partial charge in [-0.25, -0.2) is 0 Å². The number of hydrogen-bond acceptors (Lipinski definition) is 2. The van der Waals surface area contributed by atoms with Gasteiger partial charge in [-0.1, -0.05) is 11.6 Å². The standard InChI is InChI=1S/C11H15ClN2O3/c1-6(11(16)17)7(2)13-10(15)9-4-8(12)5-14(9)3/h4-7H,1-3H3,(H,13,15)(H,16,17). The summed E-state index contributed by atoms with van der Waals surface area (Å²) in [5, 5.41) is 11.9. The van der Waals surface area contributed by atoms with E-state index in [9.17, 15) is 9.59 Å². The van der Waals surface area contributed by atoms with Crippen LogP contribution in [0.1, 0.15) is 24.3 Å². The fraction of sp³-hybridized carbons (Fsp3) is 0.455. The van der Waals surface area contributed by atoms with E-state index in [2.05, 4.69) is 5.32 Å². The molecule has 2 N–H and O–H groups in total. The van der Waals surface area contributed by atoms with Crippen molar-refractivity contribution in [2.75, 3.05) is 0 Å². The molecule has 5 nitrogen and oxygen atoms in total. The molecule has 2 unspecified atom stereocenters. The minimum absolute atomic E-state index is 0.333. The summed E-state index contributed by atoms with van der Waals surface area (Å²) in [6, 6.07) is 1.09. The van der Waals surface area contributed by atoms with Crippen molar-refractivity contribution in [1.29, 1.82) is 0 Å². The van der Waals surface area contributed by atoms with Gasteiger partial charge in [0.15, 0.2) is 0 Å². The van der Waals surface area contributed by atoms with E-state index in [1.807, 2.05) is 0 Å². The third-order valence-electron chi connectivity index (χ3n) is 2.70. The lowest BCUT2D eigenvalue weighted by Crippen LogP contribution is -2.40. The molecule has 0 saturated carbocycles. The van der Waals surface area contributed by atoms with E-state index in [0.29, 0.717) is 10.7 Å². The Morgan fingerprint density at radius 3 is 2.47 bits per heavy atom. The summed E-state index contributed by atoms with van der Waals surface area (Å²) in [5.74, 6) is -1.92. The molecular formula is C11H15ClN2O3. The number of halogens is 1. The number of aryl methyl sites for hydroxylation is 1. The summed E-state index contributed by atoms with van der Waals surface area (Å²) < 4.78 is 1.59. The average Bonchev–Trinajstić information content (AvgIpc) is 2.56. The Bertz CT molecular complexity index is 442. The van der Waals surface area contributed by atoms with Crippen LogP contribution in [0.15, 0.2) is 12.3 Å². The smallest absolute Gasteiger partial charge is 0.308 e. The van der Waals surface area contributed by atoms with Gasteiger partial charge >= 0.3 is 5.97 Å². The summed E-state index contributed by atoms with van der Waals surface area (Å²) in [7, 11) is 1.70. The minimum Gasteiger partial charge on any atom is -0.481 e. The van der Waals surface area contributed by atoms with Gasteiger partial charge in [0.1, 0.15) is 5.69 Å². The van der Waals surface area contributed by atoms with Crippen molar-refractivity contribution in [3.8, 4) is 0 Å². The second-order valence-electron chi connectivity index (χ2n) is 4.04. The van der Waals surface area contributed by atoms with Gasteiger partial charge < -0.3 is 15.0 Å². The molecule has 0 aliphatic rings. The van der Waals surface area contributed by atoms with Crippen LogP contribution < -0.4 is 5.32 Å². The summed E-state index contributed by atoms with van der Waals surface area (Å²) in [5.41, 5.74) is 0.402. The summed E-state index contributed by atoms with van der Waals surface area (Å²) in [6.45, 7) is 3.20. The van der Waals surface area contributed by atoms with Gasteiger partial charge in [-0.15, -0.1) is 0 Å². The predicted molar refractivity (Wildman–Crippen MR) is 64.2 cm³/mol. The molecule has 0 aliphatic carbocycles. The van der Waals surface area contributed by atoms with Crippen LogP contribution in [0, 0.1) is 5.92 Å². The summed E-state index contributed by atoms with van der Waals surface area (Å²) in [4.78, 5) is 22.6. The largest absolute Gasteiger partial charge is 0.481 e. The zero-order valence-electron chi connectivity index (χ0n) is 9.90. The van der Waals surface area contributed by atoms with Crippen LogP contribution >= 0.6 is 11.6 Å². The Kier molecular flexibility index (Phi) is 4.17. The van der Waals surface area contributed by atoms with Crippen LogP contribution in [0.3, 0.4) is 0 Å². The Balaban J connectivity index is 2.73. The molecule has 1 amide bonds. The lowest BCUT2D eigenvalue weighted by molar-refractivity contribution is -0.141. The topological polar surface area (TPSA) is 71.3 Å². The highest BCUT2D eigenvalue weighted by Crippen LogP contribution is 2.13. The van der Waals surface area contributed by atoms with Crippen LogP contribution in [-0.4, -0.2) is 27.6 Å². The van der Waals surface area contributed by atoms with Gasteiger partial charge in [0.2, 0.25) is 0 Å². The number of nitrogens with one attached hydrogen (secondary N) is 1. The quantitative estimate of drug-likeness (QED) is 0.860. The summed E-state index contributed by atoms with van der Waals surface area (Å²) in [6.07, 6.45) is 1.61. The van der Waals surface area contributed by atoms with Crippen LogP contribution in [0.25, 0.3) is 0 Å². The predicted octanol–water partition coefficient (Wildman–Crippen LogP) is 1.52. The fourth-order valence-electron chi connectivity index (χ4n) is 1.37. The maximum atomic E-state index is 11.8. The average molecular weight is 259 g/mol. The molecule has 0 aliphatic heterocycles. The normalized spacial score (nSPS) is 14.1. The molecule has 94 valence electrons. The Morgan fingerprint density at radius 2 is 2.06 bits per heavy atom. The van der Waals surface area contributed by atoms with E-state index in [1.54, 1.807) is 31.7 Å². The van der Waals surface area contributed by atoms with Gasteiger partial charge in [0, 0.05) is 19.3 Å². The highest BCUT2D eigenvalue weighted by Gasteiger charge is 2.22. The molecule has 0 spiro atoms. The van der Waals surface area contributed by atoms with Crippen molar-refractivity contribution < 1.29 is 14.7 Å². The first-order valence-corrected chi connectivity index (χ1v) is 5.56. The molecule has 1 rings (SSSR count). The number of hydrogen-bond donors (Lipinski definition) is 2. The molecule has 0 radical (unpaired) electrons. The van der Waals surface area contributed by atoms with E-state index in [0.717, 1.165) is 0 Å². The minimum atomic E-state index is -0.942. The number of nitrogens with zero attached hydrogens (tertiary/aromatic N) is 1. The number of aromatic nitrogens is 1. The van der Waals surface area contributed by atoms with Crippen LogP contribution in [0.4, 0.5) is 0 Å². The third kappa shape index (κ3) is 3.23. The Morgan fingerprint density at radius 1 is 1.47 bits per heavy atom. The first-order valence-electron chi connectivity index (χ1n) is 5.18. The zero-order chi connectivity index (χ0) is 13.2. The Hall–Kier alpha value is -1.49. The van der Waals surface area contributed by atoms with E-state index < -0.39 is 17.9 Å². The molecule has 0 bridgehead atoms. The molecule has 17 heavy (non-hydrogen) atoms. The van der Waals surface area contributed by atoms with E-state index >= 15 is 0 Å². The first-order chi connectivity index (χ1) is 7.82. The maximum Gasteiger partial charge on any atom is 0.308 e. The molecule has 1 aromatic rings. The zero-order valence-corrected chi connectivity index (χ0v) is 10.7. The molecule has 1 aromatic heterocycles. The fourth-order valence-corrected chi connectivity index (χ4v) is 1.62. The highest BCUT2D eigenvalue weighted by molar-refractivity contribution is 6.31. The van der Waals surface area contributed by atoms with Gasteiger partial charge in [0.05, 0.1) is 10.9 Å². The van der Waals surface area contributed by atoms with Gasteiger partial charge in [-0.3, -0.25) is 9.59 Å². The molecule has 1 heterocycles. The van der Waals surface area contributed by atoms with E-state index in [-0.39, 0.29) is 5.91 Å². The number of aliphatic carboxylic acids is 1. The van der Waals surface area contributed by atoms with Crippen molar-refractivity contribution in [3.05, 3.63) is 23.0 Å². The van der Waals surface area contributed by atoms with E-state index in [1.165, 1.54) is 6.07 Å². The number of rotatable bonds is 4. The van der Waals surface area contributed by atoms with Crippen molar-refractivity contribution in [1.82, 2.24) is 9.88 Å². The molecule has 0 saturated heterocycles. The molecule has 6 heteroatoms. The third-order valence-corrected chi connectivity index (χ3v) is 2.91. The summed E-state index contributed by atoms with van der Waals surface area (Å²) >= 11 is 5.76. The Labute approximate surface area is 104 Å². The molecule has 0 fully saturated rings. The number of carboxylic acid groups (broad SMARTS) is 1. The first kappa shape index (κ1) is 13.6. The van der Waals surface area contributed by atoms with Crippen molar-refractivity contribution in [2.24, 2.45) is 13.0 Å². The second-order valence-corrected chi connectivity index (χ2v) is 4.48. The number of carbonyl (C=O) groups excluding carboxylic acids is 1. The monoisotopic (exact) mass is 258 g/mol. The highest BCUT2D eigenvalue weighted by atomic mass is 35.5. The van der Waals surface area contributed by atoms with Crippen LogP contribution in [0.2, 0.25) is 5.02 Å². The van der Waals surface area contributed by atoms with Gasteiger partial charge in [0.25, 0.3) is 5.91 Å². The van der Waals surface area contributed by atoms with Crippen LogP contribution in [0.5, 0.6) is 0 Å². The maximum absolute atomic E-state index is 11.8.